The number of carboxylic acid groups (broad SMARTS) is 1. The van der Waals surface area contributed by atoms with Crippen LogP contribution < -0.4 is 4.74 Å². The Morgan fingerprint density at radius 3 is 2.65 bits per heavy atom. The number of rotatable bonds is 2. The van der Waals surface area contributed by atoms with Gasteiger partial charge in [-0.2, -0.15) is 0 Å². The van der Waals surface area contributed by atoms with Gasteiger partial charge in [0.05, 0.1) is 5.41 Å². The minimum Gasteiger partial charge on any atom is -0.481 e. The van der Waals surface area contributed by atoms with Gasteiger partial charge in [-0.1, -0.05) is 19.4 Å². The zero-order valence-electron chi connectivity index (χ0n) is 14.0. The van der Waals surface area contributed by atoms with Crippen LogP contribution in [0.25, 0.3) is 0 Å². The summed E-state index contributed by atoms with van der Waals surface area (Å²) >= 11 is 0. The molecule has 0 amide bonds. The molecule has 0 radical (unpaired) electrons. The van der Waals surface area contributed by atoms with Crippen LogP contribution in [0.1, 0.15) is 57.6 Å². The van der Waals surface area contributed by atoms with Gasteiger partial charge in [0.15, 0.2) is 0 Å². The molecule has 4 heteroatoms. The summed E-state index contributed by atoms with van der Waals surface area (Å²) in [6.07, 6.45) is 4.42. The van der Waals surface area contributed by atoms with E-state index < -0.39 is 11.4 Å². The number of hydrogen-bond donors (Lipinski definition) is 1. The molecule has 1 aromatic rings. The Morgan fingerprint density at radius 2 is 2.00 bits per heavy atom. The largest absolute Gasteiger partial charge is 0.481 e. The monoisotopic (exact) mass is 316 g/mol. The maximum atomic E-state index is 11.9. The third-order valence-electron chi connectivity index (χ3n) is 6.08. The van der Waals surface area contributed by atoms with Crippen LogP contribution in [-0.2, 0) is 21.4 Å². The van der Waals surface area contributed by atoms with Crippen LogP contribution in [0, 0.1) is 11.3 Å². The average Bonchev–Trinajstić information content (AvgIpc) is 2.47. The minimum absolute atomic E-state index is 0.112. The summed E-state index contributed by atoms with van der Waals surface area (Å²) in [6, 6.07) is 5.82. The molecule has 0 aliphatic heterocycles. The van der Waals surface area contributed by atoms with Crippen LogP contribution in [0.5, 0.6) is 5.75 Å². The quantitative estimate of drug-likeness (QED) is 0.667. The van der Waals surface area contributed by atoms with Gasteiger partial charge in [-0.3, -0.25) is 9.59 Å². The number of carbonyl (C=O) groups is 2. The molecular weight excluding hydrogens is 292 g/mol. The maximum Gasteiger partial charge on any atom is 0.309 e. The van der Waals surface area contributed by atoms with Gasteiger partial charge in [0, 0.05) is 6.92 Å². The first-order chi connectivity index (χ1) is 10.8. The predicted octanol–water partition coefficient (Wildman–Crippen LogP) is 3.71. The highest BCUT2D eigenvalue weighted by molar-refractivity contribution is 5.75. The van der Waals surface area contributed by atoms with Crippen molar-refractivity contribution in [1.29, 1.82) is 0 Å². The van der Waals surface area contributed by atoms with Crippen molar-refractivity contribution >= 4 is 11.9 Å². The lowest BCUT2D eigenvalue weighted by Crippen LogP contribution is -2.52. The van der Waals surface area contributed by atoms with Crippen molar-refractivity contribution in [2.45, 2.75) is 58.3 Å². The van der Waals surface area contributed by atoms with Crippen LogP contribution in [0.4, 0.5) is 0 Å². The fourth-order valence-corrected chi connectivity index (χ4v) is 4.92. The Hall–Kier alpha value is -1.84. The molecule has 124 valence electrons. The predicted molar refractivity (Wildman–Crippen MR) is 86.5 cm³/mol. The minimum atomic E-state index is -0.687. The number of fused-ring (bicyclic) bond motifs is 3. The second kappa shape index (κ2) is 5.36. The normalized spacial score (nSPS) is 32.6. The lowest BCUT2D eigenvalue weighted by molar-refractivity contribution is -0.157. The fourth-order valence-electron chi connectivity index (χ4n) is 4.92. The number of carboxylic acids is 1. The van der Waals surface area contributed by atoms with E-state index in [1.165, 1.54) is 18.1 Å². The molecule has 23 heavy (non-hydrogen) atoms. The number of aryl methyl sites for hydroxylation is 1. The molecule has 0 bridgehead atoms. The maximum absolute atomic E-state index is 11.9. The van der Waals surface area contributed by atoms with Crippen molar-refractivity contribution in [2.75, 3.05) is 0 Å². The summed E-state index contributed by atoms with van der Waals surface area (Å²) in [5.74, 6) is -0.350. The van der Waals surface area contributed by atoms with Crippen LogP contribution in [0.15, 0.2) is 18.2 Å². The van der Waals surface area contributed by atoms with E-state index in [0.29, 0.717) is 5.75 Å². The number of carbonyl (C=O) groups excluding carboxylic acids is 1. The summed E-state index contributed by atoms with van der Waals surface area (Å²) in [4.78, 5) is 23.2. The Kier molecular flexibility index (Phi) is 3.74. The topological polar surface area (TPSA) is 63.6 Å². The van der Waals surface area contributed by atoms with E-state index in [1.54, 1.807) is 0 Å². The number of ether oxygens (including phenoxy) is 1. The third kappa shape index (κ3) is 2.44. The SMILES string of the molecule is CC(=O)Oc1ccc2c(c1)[C@@]1(C)CCC[C@](C)(C(=O)O)[C@@H]1CC2. The fraction of sp³-hybridized carbons (Fsp3) is 0.579. The third-order valence-corrected chi connectivity index (χ3v) is 6.08. The van der Waals surface area contributed by atoms with Gasteiger partial charge in [0.1, 0.15) is 5.75 Å². The van der Waals surface area contributed by atoms with Gasteiger partial charge < -0.3 is 9.84 Å². The standard InChI is InChI=1S/C19H24O4/c1-12(20)23-14-7-5-13-6-8-16-18(2,15(13)11-14)9-4-10-19(16,3)17(21)22/h5,7,11,16H,4,6,8-10H2,1-3H3,(H,21,22)/t16-,18-,19+/m1/s1. The summed E-state index contributed by atoms with van der Waals surface area (Å²) in [6.45, 7) is 5.48. The molecule has 2 aliphatic carbocycles. The number of aliphatic carboxylic acids is 1. The molecule has 2 aliphatic rings. The second-order valence-electron chi connectivity index (χ2n) is 7.50. The summed E-state index contributed by atoms with van der Waals surface area (Å²) in [7, 11) is 0. The van der Waals surface area contributed by atoms with E-state index in [9.17, 15) is 14.7 Å². The average molecular weight is 316 g/mol. The van der Waals surface area contributed by atoms with E-state index in [4.69, 9.17) is 4.74 Å². The number of benzene rings is 1. The molecule has 0 spiro atoms. The first-order valence-corrected chi connectivity index (χ1v) is 8.32. The van der Waals surface area contributed by atoms with E-state index in [1.807, 2.05) is 25.1 Å². The molecule has 1 N–H and O–H groups in total. The van der Waals surface area contributed by atoms with Crippen molar-refractivity contribution in [1.82, 2.24) is 0 Å². The lowest BCUT2D eigenvalue weighted by atomic mass is 9.50. The van der Waals surface area contributed by atoms with Crippen molar-refractivity contribution in [3.8, 4) is 5.75 Å². The Balaban J connectivity index is 2.07. The molecule has 1 fully saturated rings. The first kappa shape index (κ1) is 16.0. The number of esters is 1. The van der Waals surface area contributed by atoms with Gasteiger partial charge in [-0.15, -0.1) is 0 Å². The van der Waals surface area contributed by atoms with Gasteiger partial charge >= 0.3 is 11.9 Å². The smallest absolute Gasteiger partial charge is 0.309 e. The van der Waals surface area contributed by atoms with E-state index in [-0.39, 0.29) is 17.3 Å². The molecule has 3 rings (SSSR count). The summed E-state index contributed by atoms with van der Waals surface area (Å²) < 4.78 is 5.25. The van der Waals surface area contributed by atoms with E-state index >= 15 is 0 Å². The molecule has 0 heterocycles. The van der Waals surface area contributed by atoms with Crippen molar-refractivity contribution in [2.24, 2.45) is 11.3 Å². The molecule has 4 nitrogen and oxygen atoms in total. The van der Waals surface area contributed by atoms with Crippen LogP contribution in [-0.4, -0.2) is 17.0 Å². The zero-order valence-corrected chi connectivity index (χ0v) is 14.0. The summed E-state index contributed by atoms with van der Waals surface area (Å²) in [5.41, 5.74) is 1.58. The molecule has 3 atom stereocenters. The highest BCUT2D eigenvalue weighted by Crippen LogP contribution is 2.57. The van der Waals surface area contributed by atoms with E-state index in [2.05, 4.69) is 6.92 Å². The molecule has 0 aromatic heterocycles. The van der Waals surface area contributed by atoms with Crippen LogP contribution >= 0.6 is 0 Å². The Bertz CT molecular complexity index is 665. The zero-order chi connectivity index (χ0) is 16.8. The molecular formula is C19H24O4. The lowest BCUT2D eigenvalue weighted by Gasteiger charge is -2.53. The highest BCUT2D eigenvalue weighted by atomic mass is 16.5. The number of hydrogen-bond acceptors (Lipinski definition) is 3. The van der Waals surface area contributed by atoms with Crippen molar-refractivity contribution in [3.05, 3.63) is 29.3 Å². The first-order valence-electron chi connectivity index (χ1n) is 8.32. The van der Waals surface area contributed by atoms with Crippen molar-refractivity contribution in [3.63, 3.8) is 0 Å². The Labute approximate surface area is 136 Å². The molecule has 1 saturated carbocycles. The summed E-state index contributed by atoms with van der Waals surface area (Å²) in [5, 5.41) is 9.80. The van der Waals surface area contributed by atoms with Gasteiger partial charge in [0.2, 0.25) is 0 Å². The molecule has 0 unspecified atom stereocenters. The Morgan fingerprint density at radius 1 is 1.26 bits per heavy atom. The van der Waals surface area contributed by atoms with Gasteiger partial charge in [0.25, 0.3) is 0 Å². The van der Waals surface area contributed by atoms with Crippen LogP contribution in [0.3, 0.4) is 0 Å². The van der Waals surface area contributed by atoms with E-state index in [0.717, 1.165) is 32.1 Å². The highest BCUT2D eigenvalue weighted by Gasteiger charge is 2.55. The van der Waals surface area contributed by atoms with Gasteiger partial charge in [-0.25, -0.2) is 0 Å². The van der Waals surface area contributed by atoms with Crippen LogP contribution in [0.2, 0.25) is 0 Å². The van der Waals surface area contributed by atoms with Crippen molar-refractivity contribution < 1.29 is 19.4 Å². The molecule has 0 saturated heterocycles. The molecule has 1 aromatic carbocycles. The second-order valence-corrected chi connectivity index (χ2v) is 7.50. The van der Waals surface area contributed by atoms with Gasteiger partial charge in [-0.05, 0) is 67.2 Å².